The maximum atomic E-state index is 8.19. The standard InChI is InChI=1S/C5H3N3.C5H6N2/c6-3-5-4-7-1-2-8-5;1-5-4-6-2-3-7-5/h1-2,4H;2-4H,1H3. The highest BCUT2D eigenvalue weighted by Gasteiger charge is 1.82. The number of nitrogens with zero attached hydrogens (tertiary/aromatic N) is 5. The zero-order chi connectivity index (χ0) is 10.9. The van der Waals surface area contributed by atoms with Gasteiger partial charge in [-0.2, -0.15) is 5.26 Å². The van der Waals surface area contributed by atoms with Crippen LogP contribution in [0.1, 0.15) is 11.4 Å². The van der Waals surface area contributed by atoms with Crippen LogP contribution in [0, 0.1) is 18.3 Å². The fourth-order valence-electron chi connectivity index (χ4n) is 0.730. The third-order valence-electron chi connectivity index (χ3n) is 1.37. The van der Waals surface area contributed by atoms with Crippen LogP contribution in [0.4, 0.5) is 0 Å². The highest BCUT2D eigenvalue weighted by molar-refractivity contribution is 5.13. The number of nitriles is 1. The minimum absolute atomic E-state index is 0.354. The molecule has 2 heterocycles. The van der Waals surface area contributed by atoms with Crippen LogP contribution in [0.5, 0.6) is 0 Å². The number of aryl methyl sites for hydroxylation is 1. The van der Waals surface area contributed by atoms with Gasteiger partial charge in [0, 0.05) is 31.0 Å². The maximum Gasteiger partial charge on any atom is 0.158 e. The summed E-state index contributed by atoms with van der Waals surface area (Å²) in [5.74, 6) is 0. The second-order valence-corrected chi connectivity index (χ2v) is 2.55. The van der Waals surface area contributed by atoms with Gasteiger partial charge in [0.2, 0.25) is 0 Å². The van der Waals surface area contributed by atoms with E-state index < -0.39 is 0 Å². The van der Waals surface area contributed by atoms with Crippen LogP contribution in [-0.4, -0.2) is 19.9 Å². The van der Waals surface area contributed by atoms with Gasteiger partial charge in [0.1, 0.15) is 6.07 Å². The Labute approximate surface area is 87.5 Å². The van der Waals surface area contributed by atoms with E-state index in [1.807, 2.05) is 13.0 Å². The van der Waals surface area contributed by atoms with E-state index in [4.69, 9.17) is 5.26 Å². The molecule has 0 aliphatic heterocycles. The molecular weight excluding hydrogens is 190 g/mol. The molecule has 15 heavy (non-hydrogen) atoms. The van der Waals surface area contributed by atoms with Crippen LogP contribution in [0.15, 0.2) is 37.2 Å². The van der Waals surface area contributed by atoms with Crippen LogP contribution in [0.3, 0.4) is 0 Å². The van der Waals surface area contributed by atoms with E-state index in [9.17, 15) is 0 Å². The van der Waals surface area contributed by atoms with Gasteiger partial charge >= 0.3 is 0 Å². The van der Waals surface area contributed by atoms with Crippen molar-refractivity contribution in [3.8, 4) is 6.07 Å². The molecule has 0 bridgehead atoms. The smallest absolute Gasteiger partial charge is 0.158 e. The monoisotopic (exact) mass is 199 g/mol. The fraction of sp³-hybridized carbons (Fsp3) is 0.100. The first-order valence-corrected chi connectivity index (χ1v) is 4.21. The number of hydrogen-bond acceptors (Lipinski definition) is 5. The molecule has 0 saturated heterocycles. The fourth-order valence-corrected chi connectivity index (χ4v) is 0.730. The van der Waals surface area contributed by atoms with E-state index >= 15 is 0 Å². The Balaban J connectivity index is 0.000000151. The van der Waals surface area contributed by atoms with Crippen molar-refractivity contribution in [1.82, 2.24) is 19.9 Å². The summed E-state index contributed by atoms with van der Waals surface area (Å²) < 4.78 is 0. The molecule has 0 atom stereocenters. The van der Waals surface area contributed by atoms with E-state index in [-0.39, 0.29) is 0 Å². The number of rotatable bonds is 0. The number of hydrogen-bond donors (Lipinski definition) is 0. The maximum absolute atomic E-state index is 8.19. The summed E-state index contributed by atoms with van der Waals surface area (Å²) in [7, 11) is 0. The van der Waals surface area contributed by atoms with Gasteiger partial charge in [0.15, 0.2) is 5.69 Å². The zero-order valence-corrected chi connectivity index (χ0v) is 8.20. The third-order valence-corrected chi connectivity index (χ3v) is 1.37. The molecular formula is C10H9N5. The second kappa shape index (κ2) is 6.16. The molecule has 5 heteroatoms. The predicted octanol–water partition coefficient (Wildman–Crippen LogP) is 1.13. The molecule has 5 nitrogen and oxygen atoms in total. The lowest BCUT2D eigenvalue weighted by atomic mass is 10.5. The highest BCUT2D eigenvalue weighted by Crippen LogP contribution is 1.82. The van der Waals surface area contributed by atoms with Crippen LogP contribution in [0.2, 0.25) is 0 Å². The molecule has 74 valence electrons. The van der Waals surface area contributed by atoms with Gasteiger partial charge in [0.05, 0.1) is 11.9 Å². The normalized spacial score (nSPS) is 8.27. The Morgan fingerprint density at radius 2 is 1.67 bits per heavy atom. The topological polar surface area (TPSA) is 75.3 Å². The summed E-state index contributed by atoms with van der Waals surface area (Å²) in [6.07, 6.45) is 9.49. The summed E-state index contributed by atoms with van der Waals surface area (Å²) in [5, 5.41) is 8.19. The average Bonchev–Trinajstić information content (AvgIpc) is 2.32. The van der Waals surface area contributed by atoms with Gasteiger partial charge in [-0.3, -0.25) is 15.0 Å². The first kappa shape index (κ1) is 10.7. The van der Waals surface area contributed by atoms with Crippen molar-refractivity contribution in [1.29, 1.82) is 5.26 Å². The molecule has 2 aromatic heterocycles. The molecule has 2 rings (SSSR count). The second-order valence-electron chi connectivity index (χ2n) is 2.55. The van der Waals surface area contributed by atoms with Crippen molar-refractivity contribution < 1.29 is 0 Å². The van der Waals surface area contributed by atoms with E-state index in [1.54, 1.807) is 18.6 Å². The van der Waals surface area contributed by atoms with Gasteiger partial charge < -0.3 is 0 Å². The minimum Gasteiger partial charge on any atom is -0.261 e. The van der Waals surface area contributed by atoms with Crippen LogP contribution in [0.25, 0.3) is 0 Å². The Morgan fingerprint density at radius 1 is 1.00 bits per heavy atom. The summed E-state index contributed by atoms with van der Waals surface area (Å²) in [6.45, 7) is 1.91. The molecule has 0 aliphatic rings. The van der Waals surface area contributed by atoms with Gasteiger partial charge in [-0.25, -0.2) is 4.98 Å². The van der Waals surface area contributed by atoms with E-state index in [0.717, 1.165) is 5.69 Å². The van der Waals surface area contributed by atoms with Crippen molar-refractivity contribution in [2.45, 2.75) is 6.92 Å². The molecule has 0 aliphatic carbocycles. The average molecular weight is 199 g/mol. The molecule has 0 radical (unpaired) electrons. The SMILES string of the molecule is Cc1cnccn1.N#Cc1cnccn1. The van der Waals surface area contributed by atoms with Crippen molar-refractivity contribution in [3.05, 3.63) is 48.6 Å². The van der Waals surface area contributed by atoms with Crippen LogP contribution < -0.4 is 0 Å². The van der Waals surface area contributed by atoms with Crippen molar-refractivity contribution >= 4 is 0 Å². The molecule has 0 fully saturated rings. The summed E-state index contributed by atoms with van der Waals surface area (Å²) in [5.41, 5.74) is 1.31. The number of aromatic nitrogens is 4. The Morgan fingerprint density at radius 3 is 1.93 bits per heavy atom. The van der Waals surface area contributed by atoms with Crippen molar-refractivity contribution in [2.24, 2.45) is 0 Å². The van der Waals surface area contributed by atoms with Crippen molar-refractivity contribution in [2.75, 3.05) is 0 Å². The third kappa shape index (κ3) is 4.43. The molecule has 0 spiro atoms. The zero-order valence-electron chi connectivity index (χ0n) is 8.20. The van der Waals surface area contributed by atoms with Crippen molar-refractivity contribution in [3.63, 3.8) is 0 Å². The van der Waals surface area contributed by atoms with Crippen LogP contribution in [-0.2, 0) is 0 Å². The quantitative estimate of drug-likeness (QED) is 0.635. The Hall–Kier alpha value is -2.35. The molecule has 0 N–H and O–H groups in total. The van der Waals surface area contributed by atoms with E-state index in [2.05, 4.69) is 19.9 Å². The van der Waals surface area contributed by atoms with Gasteiger partial charge in [-0.05, 0) is 6.92 Å². The Kier molecular flexibility index (Phi) is 4.40. The van der Waals surface area contributed by atoms with Gasteiger partial charge in [-0.15, -0.1) is 0 Å². The first-order valence-electron chi connectivity index (χ1n) is 4.21. The lowest BCUT2D eigenvalue weighted by molar-refractivity contribution is 1.12. The summed E-state index contributed by atoms with van der Waals surface area (Å²) in [6, 6.07) is 1.85. The summed E-state index contributed by atoms with van der Waals surface area (Å²) >= 11 is 0. The van der Waals surface area contributed by atoms with E-state index in [0.29, 0.717) is 5.69 Å². The molecule has 0 unspecified atom stereocenters. The van der Waals surface area contributed by atoms with Crippen LogP contribution >= 0.6 is 0 Å². The van der Waals surface area contributed by atoms with E-state index in [1.165, 1.54) is 18.6 Å². The largest absolute Gasteiger partial charge is 0.261 e. The summed E-state index contributed by atoms with van der Waals surface area (Å²) in [4.78, 5) is 15.1. The first-order chi connectivity index (χ1) is 7.33. The predicted molar refractivity (Wildman–Crippen MR) is 53.5 cm³/mol. The molecule has 0 amide bonds. The van der Waals surface area contributed by atoms with Gasteiger partial charge in [0.25, 0.3) is 0 Å². The molecule has 2 aromatic rings. The minimum atomic E-state index is 0.354. The lowest BCUT2D eigenvalue weighted by Crippen LogP contribution is -1.79. The van der Waals surface area contributed by atoms with Gasteiger partial charge in [-0.1, -0.05) is 0 Å². The highest BCUT2D eigenvalue weighted by atomic mass is 14.8. The molecule has 0 saturated carbocycles. The lowest BCUT2D eigenvalue weighted by Gasteiger charge is -1.81. The Bertz CT molecular complexity index is 421. The molecule has 0 aromatic carbocycles.